The lowest BCUT2D eigenvalue weighted by atomic mass is 9.85. The summed E-state index contributed by atoms with van der Waals surface area (Å²) < 4.78 is 0. The lowest BCUT2D eigenvalue weighted by Crippen LogP contribution is -2.02. The van der Waals surface area contributed by atoms with Crippen LogP contribution in [0.25, 0.3) is 0 Å². The molecule has 0 aromatic rings. The highest BCUT2D eigenvalue weighted by Gasteiger charge is 2.37. The summed E-state index contributed by atoms with van der Waals surface area (Å²) in [4.78, 5) is 0. The number of fused-ring (bicyclic) bond motifs is 2. The number of rotatable bonds is 0. The lowest BCUT2D eigenvalue weighted by Gasteiger charge is -2.20. The van der Waals surface area contributed by atoms with Gasteiger partial charge in [-0.05, 0) is 55.1 Å². The van der Waals surface area contributed by atoms with Crippen molar-refractivity contribution in [3.8, 4) is 0 Å². The zero-order chi connectivity index (χ0) is 7.26. The van der Waals surface area contributed by atoms with E-state index in [1.54, 1.807) is 11.1 Å². The molecule has 0 radical (unpaired) electrons. The van der Waals surface area contributed by atoms with Crippen LogP contribution in [0.5, 0.6) is 0 Å². The topological polar surface area (TPSA) is 0 Å². The van der Waals surface area contributed by atoms with Crippen molar-refractivity contribution in [1.29, 1.82) is 0 Å². The molecule has 0 heterocycles. The third kappa shape index (κ3) is 0.885. The largest absolute Gasteiger partial charge is 0.0773 e. The first-order chi connectivity index (χ1) is 5.43. The molecule has 2 fully saturated rings. The van der Waals surface area contributed by atoms with Crippen molar-refractivity contribution in [2.24, 2.45) is 11.8 Å². The fourth-order valence-corrected chi connectivity index (χ4v) is 2.47. The van der Waals surface area contributed by atoms with E-state index in [1.807, 2.05) is 0 Å². The van der Waals surface area contributed by atoms with Crippen LogP contribution in [0.4, 0.5) is 0 Å². The molecule has 3 aliphatic rings. The highest BCUT2D eigenvalue weighted by atomic mass is 14.4. The van der Waals surface area contributed by atoms with Gasteiger partial charge in [-0.15, -0.1) is 0 Å². The molecular weight excluding hydrogens is 132 g/mol. The van der Waals surface area contributed by atoms with Gasteiger partial charge in [-0.1, -0.05) is 12.2 Å². The second-order valence-corrected chi connectivity index (χ2v) is 4.15. The van der Waals surface area contributed by atoms with Crippen molar-refractivity contribution in [1.82, 2.24) is 0 Å². The van der Waals surface area contributed by atoms with Crippen LogP contribution >= 0.6 is 0 Å². The highest BCUT2D eigenvalue weighted by molar-refractivity contribution is 5.40. The van der Waals surface area contributed by atoms with Crippen LogP contribution in [0, 0.1) is 11.8 Å². The van der Waals surface area contributed by atoms with Crippen molar-refractivity contribution in [2.45, 2.75) is 32.1 Å². The van der Waals surface area contributed by atoms with E-state index >= 15 is 0 Å². The molecule has 0 aliphatic heterocycles. The van der Waals surface area contributed by atoms with Gasteiger partial charge in [0, 0.05) is 0 Å². The summed E-state index contributed by atoms with van der Waals surface area (Å²) in [6.45, 7) is 0. The fraction of sp³-hybridized carbons (Fsp3) is 0.636. The Hall–Kier alpha value is -0.520. The van der Waals surface area contributed by atoms with E-state index in [4.69, 9.17) is 0 Å². The van der Waals surface area contributed by atoms with Gasteiger partial charge >= 0.3 is 0 Å². The molecule has 2 saturated carbocycles. The maximum Gasteiger partial charge on any atom is -0.0158 e. The summed E-state index contributed by atoms with van der Waals surface area (Å²) in [5.74, 6) is 1.93. The summed E-state index contributed by atoms with van der Waals surface area (Å²) in [7, 11) is 0. The summed E-state index contributed by atoms with van der Waals surface area (Å²) in [6.07, 6.45) is 12.2. The van der Waals surface area contributed by atoms with Crippen LogP contribution in [-0.4, -0.2) is 0 Å². The molecule has 2 unspecified atom stereocenters. The first-order valence-electron chi connectivity index (χ1n) is 4.85. The molecule has 58 valence electrons. The van der Waals surface area contributed by atoms with Gasteiger partial charge in [0.2, 0.25) is 0 Å². The molecule has 11 heavy (non-hydrogen) atoms. The normalized spacial score (nSPS) is 40.0. The van der Waals surface area contributed by atoms with Crippen LogP contribution in [0.3, 0.4) is 0 Å². The van der Waals surface area contributed by atoms with E-state index in [0.29, 0.717) is 0 Å². The number of allylic oxidation sites excluding steroid dienone is 4. The van der Waals surface area contributed by atoms with Crippen LogP contribution < -0.4 is 0 Å². The molecule has 0 bridgehead atoms. The average Bonchev–Trinajstić information content (AvgIpc) is 2.77. The standard InChI is InChI=1S/C11H14/c1-2-4-9-6-11-7-10(11)5-8(9)3-1/h5-6,10-11H,1-4,7H2. The minimum absolute atomic E-state index is 0.965. The first-order valence-corrected chi connectivity index (χ1v) is 4.85. The van der Waals surface area contributed by atoms with Crippen molar-refractivity contribution in [3.05, 3.63) is 23.3 Å². The molecule has 3 aliphatic carbocycles. The molecule has 0 saturated heterocycles. The van der Waals surface area contributed by atoms with Crippen LogP contribution in [0.1, 0.15) is 32.1 Å². The Labute approximate surface area is 68.0 Å². The van der Waals surface area contributed by atoms with Crippen molar-refractivity contribution in [2.75, 3.05) is 0 Å². The van der Waals surface area contributed by atoms with Gasteiger partial charge in [0.25, 0.3) is 0 Å². The monoisotopic (exact) mass is 146 g/mol. The van der Waals surface area contributed by atoms with E-state index in [9.17, 15) is 0 Å². The van der Waals surface area contributed by atoms with Crippen molar-refractivity contribution < 1.29 is 0 Å². The Kier molecular flexibility index (Phi) is 1.10. The Balaban J connectivity index is 1.96. The summed E-state index contributed by atoms with van der Waals surface area (Å²) in [5, 5.41) is 0. The molecular formula is C11H14. The highest BCUT2D eigenvalue weighted by Crippen LogP contribution is 2.49. The first kappa shape index (κ1) is 6.05. The maximum atomic E-state index is 2.55. The van der Waals surface area contributed by atoms with E-state index in [2.05, 4.69) is 12.2 Å². The van der Waals surface area contributed by atoms with E-state index in [1.165, 1.54) is 32.1 Å². The van der Waals surface area contributed by atoms with Crippen molar-refractivity contribution >= 4 is 0 Å². The predicted octanol–water partition coefficient (Wildman–Crippen LogP) is 3.06. The molecule has 0 aromatic heterocycles. The number of hydrogen-bond donors (Lipinski definition) is 0. The maximum absolute atomic E-state index is 2.55. The lowest BCUT2D eigenvalue weighted by molar-refractivity contribution is 0.662. The molecule has 2 atom stereocenters. The van der Waals surface area contributed by atoms with Gasteiger partial charge in [-0.25, -0.2) is 0 Å². The summed E-state index contributed by atoms with van der Waals surface area (Å²) >= 11 is 0. The van der Waals surface area contributed by atoms with Gasteiger partial charge < -0.3 is 0 Å². The van der Waals surface area contributed by atoms with Gasteiger partial charge in [0.15, 0.2) is 0 Å². The minimum Gasteiger partial charge on any atom is -0.0773 e. The van der Waals surface area contributed by atoms with E-state index < -0.39 is 0 Å². The number of hydrogen-bond acceptors (Lipinski definition) is 0. The Morgan fingerprint density at radius 2 is 1.45 bits per heavy atom. The predicted molar refractivity (Wildman–Crippen MR) is 46.2 cm³/mol. The molecule has 3 rings (SSSR count). The second kappa shape index (κ2) is 2.00. The second-order valence-electron chi connectivity index (χ2n) is 4.15. The van der Waals surface area contributed by atoms with Crippen molar-refractivity contribution in [3.63, 3.8) is 0 Å². The molecule has 0 aromatic carbocycles. The summed E-state index contributed by atoms with van der Waals surface area (Å²) in [5.41, 5.74) is 3.41. The van der Waals surface area contributed by atoms with Gasteiger partial charge in [0.05, 0.1) is 0 Å². The zero-order valence-electron chi connectivity index (χ0n) is 6.84. The minimum atomic E-state index is 0.965. The molecule has 0 spiro atoms. The quantitative estimate of drug-likeness (QED) is 0.492. The van der Waals surface area contributed by atoms with E-state index in [-0.39, 0.29) is 0 Å². The van der Waals surface area contributed by atoms with Crippen LogP contribution in [0.2, 0.25) is 0 Å². The Morgan fingerprint density at radius 3 is 2.00 bits per heavy atom. The SMILES string of the molecule is C1=C2CCCCC2=CC2CC12. The Morgan fingerprint density at radius 1 is 0.909 bits per heavy atom. The average molecular weight is 146 g/mol. The zero-order valence-corrected chi connectivity index (χ0v) is 6.84. The molecule has 0 amide bonds. The van der Waals surface area contributed by atoms with Gasteiger partial charge in [-0.3, -0.25) is 0 Å². The summed E-state index contributed by atoms with van der Waals surface area (Å²) in [6, 6.07) is 0. The van der Waals surface area contributed by atoms with Gasteiger partial charge in [0.1, 0.15) is 0 Å². The third-order valence-corrected chi connectivity index (χ3v) is 3.28. The van der Waals surface area contributed by atoms with Gasteiger partial charge in [-0.2, -0.15) is 0 Å². The fourth-order valence-electron chi connectivity index (χ4n) is 2.47. The van der Waals surface area contributed by atoms with E-state index in [0.717, 1.165) is 11.8 Å². The Bertz CT molecular complexity index is 219. The smallest absolute Gasteiger partial charge is 0.0158 e. The molecule has 0 nitrogen and oxygen atoms in total. The third-order valence-electron chi connectivity index (χ3n) is 3.28. The van der Waals surface area contributed by atoms with Crippen LogP contribution in [-0.2, 0) is 0 Å². The van der Waals surface area contributed by atoms with Crippen LogP contribution in [0.15, 0.2) is 23.3 Å². The molecule has 0 N–H and O–H groups in total. The molecule has 0 heteroatoms.